The lowest BCUT2D eigenvalue weighted by molar-refractivity contribution is -0.137. The molecule has 170 valence electrons. The Kier molecular flexibility index (Phi) is 6.53. The summed E-state index contributed by atoms with van der Waals surface area (Å²) in [6, 6.07) is 4.98. The molecule has 4 rings (SSSR count). The van der Waals surface area contributed by atoms with Gasteiger partial charge < -0.3 is 10.0 Å². The zero-order valence-electron chi connectivity index (χ0n) is 17.3. The molecule has 0 spiro atoms. The van der Waals surface area contributed by atoms with Gasteiger partial charge in [-0.25, -0.2) is 4.98 Å². The summed E-state index contributed by atoms with van der Waals surface area (Å²) in [5.74, 6) is 1.50. The van der Waals surface area contributed by atoms with E-state index in [4.69, 9.17) is 5.11 Å². The number of hydrogen-bond acceptors (Lipinski definition) is 9. The molecular weight excluding hydrogens is 443 g/mol. The normalized spacial score (nSPS) is 15.2. The first-order valence-corrected chi connectivity index (χ1v) is 10.8. The van der Waals surface area contributed by atoms with Crippen molar-refractivity contribution in [1.82, 2.24) is 24.8 Å². The fourth-order valence-corrected chi connectivity index (χ4v) is 4.18. The summed E-state index contributed by atoms with van der Waals surface area (Å²) in [5.41, 5.74) is -0.0358. The first-order valence-electron chi connectivity index (χ1n) is 10.0. The molecule has 1 aromatic carbocycles. The first kappa shape index (κ1) is 22.4. The van der Waals surface area contributed by atoms with Crippen LogP contribution in [0.2, 0.25) is 0 Å². The molecular formula is C20H22F3N7OS. The molecule has 0 unspecified atom stereocenters. The van der Waals surface area contributed by atoms with Crippen LogP contribution in [0, 0.1) is 6.92 Å². The van der Waals surface area contributed by atoms with Gasteiger partial charge in [-0.15, -0.1) is 0 Å². The highest BCUT2D eigenvalue weighted by Crippen LogP contribution is 2.34. The minimum absolute atomic E-state index is 0.140. The van der Waals surface area contributed by atoms with Crippen molar-refractivity contribution in [3.05, 3.63) is 41.9 Å². The van der Waals surface area contributed by atoms with Gasteiger partial charge >= 0.3 is 6.18 Å². The molecule has 2 N–H and O–H groups in total. The number of piperazine rings is 1. The monoisotopic (exact) mass is 465 g/mol. The van der Waals surface area contributed by atoms with Crippen molar-refractivity contribution in [2.24, 2.45) is 0 Å². The third kappa shape index (κ3) is 5.31. The Bertz CT molecular complexity index is 1050. The standard InChI is InChI=1S/C20H22F3N7OS/c1-13-25-17(27-18(26-13)30-8-6-29(7-9-30)10-11-31)28-19-24-12-16(32-19)14-2-4-15(5-3-14)20(21,22)23/h2-5,12,31H,6-11H2,1H3,(H,24,25,26,27,28). The average Bonchev–Trinajstić information content (AvgIpc) is 3.22. The Hall–Kier alpha value is -2.83. The van der Waals surface area contributed by atoms with Gasteiger partial charge in [0.25, 0.3) is 0 Å². The third-order valence-corrected chi connectivity index (χ3v) is 5.99. The predicted molar refractivity (Wildman–Crippen MR) is 116 cm³/mol. The van der Waals surface area contributed by atoms with Crippen LogP contribution in [0.1, 0.15) is 11.4 Å². The van der Waals surface area contributed by atoms with E-state index < -0.39 is 11.7 Å². The number of aliphatic hydroxyl groups excluding tert-OH is 1. The van der Waals surface area contributed by atoms with E-state index in [9.17, 15) is 13.2 Å². The quantitative estimate of drug-likeness (QED) is 0.574. The van der Waals surface area contributed by atoms with Gasteiger partial charge in [-0.3, -0.25) is 10.2 Å². The molecule has 1 aliphatic heterocycles. The van der Waals surface area contributed by atoms with Crippen molar-refractivity contribution >= 4 is 28.4 Å². The van der Waals surface area contributed by atoms with Crippen LogP contribution in [0.4, 0.5) is 30.2 Å². The molecule has 3 aromatic rings. The van der Waals surface area contributed by atoms with Crippen LogP contribution in [0.25, 0.3) is 10.4 Å². The maximum absolute atomic E-state index is 12.8. The summed E-state index contributed by atoms with van der Waals surface area (Å²) < 4.78 is 38.3. The first-order chi connectivity index (χ1) is 15.3. The van der Waals surface area contributed by atoms with E-state index >= 15 is 0 Å². The second-order valence-electron chi connectivity index (χ2n) is 7.29. The summed E-state index contributed by atoms with van der Waals surface area (Å²) in [7, 11) is 0. The molecule has 0 radical (unpaired) electrons. The van der Waals surface area contributed by atoms with Crippen LogP contribution in [-0.2, 0) is 6.18 Å². The lowest BCUT2D eigenvalue weighted by Crippen LogP contribution is -2.47. The van der Waals surface area contributed by atoms with E-state index in [2.05, 4.69) is 35.1 Å². The van der Waals surface area contributed by atoms with E-state index in [1.54, 1.807) is 13.1 Å². The third-order valence-electron chi connectivity index (χ3n) is 5.03. The second-order valence-corrected chi connectivity index (χ2v) is 8.32. The molecule has 32 heavy (non-hydrogen) atoms. The maximum Gasteiger partial charge on any atom is 0.416 e. The van der Waals surface area contributed by atoms with Gasteiger partial charge in [0.05, 0.1) is 17.0 Å². The number of nitrogens with zero attached hydrogens (tertiary/aromatic N) is 6. The largest absolute Gasteiger partial charge is 0.416 e. The Labute approximate surface area is 186 Å². The molecule has 0 atom stereocenters. The minimum Gasteiger partial charge on any atom is -0.395 e. The Morgan fingerprint density at radius 1 is 1.06 bits per heavy atom. The number of thiazole rings is 1. The molecule has 1 aliphatic rings. The zero-order valence-corrected chi connectivity index (χ0v) is 18.1. The van der Waals surface area contributed by atoms with E-state index in [0.717, 1.165) is 43.2 Å². The number of aliphatic hydroxyl groups is 1. The number of halogens is 3. The number of hydrogen-bond donors (Lipinski definition) is 2. The molecule has 3 heterocycles. The highest BCUT2D eigenvalue weighted by atomic mass is 32.1. The number of aromatic nitrogens is 4. The fraction of sp³-hybridized carbons (Fsp3) is 0.400. The molecule has 0 bridgehead atoms. The number of rotatable bonds is 6. The van der Waals surface area contributed by atoms with E-state index in [1.807, 2.05) is 0 Å². The Morgan fingerprint density at radius 2 is 1.78 bits per heavy atom. The minimum atomic E-state index is -4.36. The van der Waals surface area contributed by atoms with Gasteiger partial charge in [-0.05, 0) is 24.6 Å². The molecule has 1 saturated heterocycles. The number of anilines is 3. The van der Waals surface area contributed by atoms with Crippen LogP contribution in [0.15, 0.2) is 30.5 Å². The lowest BCUT2D eigenvalue weighted by atomic mass is 10.1. The highest BCUT2D eigenvalue weighted by Gasteiger charge is 2.30. The van der Waals surface area contributed by atoms with Gasteiger partial charge in [0.15, 0.2) is 5.13 Å². The molecule has 2 aromatic heterocycles. The Morgan fingerprint density at radius 3 is 2.44 bits per heavy atom. The summed E-state index contributed by atoms with van der Waals surface area (Å²) in [4.78, 5) is 22.6. The van der Waals surface area contributed by atoms with E-state index in [-0.39, 0.29) is 6.61 Å². The van der Waals surface area contributed by atoms with Crippen LogP contribution in [0.5, 0.6) is 0 Å². The van der Waals surface area contributed by atoms with Gasteiger partial charge in [0.1, 0.15) is 5.82 Å². The summed E-state index contributed by atoms with van der Waals surface area (Å²) in [5, 5.41) is 12.7. The van der Waals surface area contributed by atoms with Crippen molar-refractivity contribution in [2.75, 3.05) is 49.5 Å². The SMILES string of the molecule is Cc1nc(Nc2ncc(-c3ccc(C(F)(F)F)cc3)s2)nc(N2CCN(CCO)CC2)n1. The molecule has 8 nitrogen and oxygen atoms in total. The Balaban J connectivity index is 1.45. The van der Waals surface area contributed by atoms with Gasteiger partial charge in [0.2, 0.25) is 11.9 Å². The van der Waals surface area contributed by atoms with Crippen LogP contribution >= 0.6 is 11.3 Å². The number of aryl methyl sites for hydroxylation is 1. The number of β-amino-alcohol motifs (C(OH)–C–C–N with tert-alkyl or cyclic N) is 1. The van der Waals surface area contributed by atoms with Crippen molar-refractivity contribution in [3.63, 3.8) is 0 Å². The van der Waals surface area contributed by atoms with Gasteiger partial charge in [0, 0.05) is 38.9 Å². The summed E-state index contributed by atoms with van der Waals surface area (Å²) in [6.07, 6.45) is -2.76. The molecule has 0 aliphatic carbocycles. The lowest BCUT2D eigenvalue weighted by Gasteiger charge is -2.34. The highest BCUT2D eigenvalue weighted by molar-refractivity contribution is 7.18. The molecule has 12 heteroatoms. The topological polar surface area (TPSA) is 90.3 Å². The van der Waals surface area contributed by atoms with Crippen molar-refractivity contribution in [2.45, 2.75) is 13.1 Å². The maximum atomic E-state index is 12.8. The summed E-state index contributed by atoms with van der Waals surface area (Å²) in [6.45, 7) is 5.71. The van der Waals surface area contributed by atoms with Crippen molar-refractivity contribution < 1.29 is 18.3 Å². The van der Waals surface area contributed by atoms with Gasteiger partial charge in [-0.1, -0.05) is 23.5 Å². The second kappa shape index (κ2) is 9.35. The summed E-state index contributed by atoms with van der Waals surface area (Å²) >= 11 is 1.30. The van der Waals surface area contributed by atoms with E-state index in [1.165, 1.54) is 23.5 Å². The fourth-order valence-electron chi connectivity index (χ4n) is 3.36. The predicted octanol–water partition coefficient (Wildman–Crippen LogP) is 3.18. The number of nitrogens with one attached hydrogen (secondary N) is 1. The zero-order chi connectivity index (χ0) is 22.7. The molecule has 0 amide bonds. The van der Waals surface area contributed by atoms with Crippen molar-refractivity contribution in [3.8, 4) is 10.4 Å². The van der Waals surface area contributed by atoms with Crippen LogP contribution < -0.4 is 10.2 Å². The molecule has 0 saturated carbocycles. The van der Waals surface area contributed by atoms with Crippen molar-refractivity contribution in [1.29, 1.82) is 0 Å². The number of alkyl halides is 3. The molecule has 1 fully saturated rings. The van der Waals surface area contributed by atoms with Crippen LogP contribution in [-0.4, -0.2) is 69.3 Å². The van der Waals surface area contributed by atoms with Gasteiger partial charge in [-0.2, -0.15) is 28.1 Å². The number of benzene rings is 1. The van der Waals surface area contributed by atoms with Crippen LogP contribution in [0.3, 0.4) is 0 Å². The average molecular weight is 466 g/mol. The smallest absolute Gasteiger partial charge is 0.395 e. The van der Waals surface area contributed by atoms with E-state index in [0.29, 0.717) is 35.0 Å².